The second kappa shape index (κ2) is 7.32. The van der Waals surface area contributed by atoms with Crippen LogP contribution in [0.25, 0.3) is 0 Å². The average Bonchev–Trinajstić information content (AvgIpc) is 2.96. The molecule has 0 bridgehead atoms. The summed E-state index contributed by atoms with van der Waals surface area (Å²) in [5.74, 6) is -0.144. The van der Waals surface area contributed by atoms with Crippen LogP contribution >= 0.6 is 0 Å². The minimum absolute atomic E-state index is 0.0597. The van der Waals surface area contributed by atoms with Gasteiger partial charge in [0.15, 0.2) is 0 Å². The first kappa shape index (κ1) is 16.9. The summed E-state index contributed by atoms with van der Waals surface area (Å²) in [6, 6.07) is 7.33. The molecule has 1 fully saturated rings. The van der Waals surface area contributed by atoms with Crippen molar-refractivity contribution in [2.45, 2.75) is 19.4 Å². The molecule has 0 aromatic heterocycles. The molecule has 2 aliphatic rings. The number of carbonyl (C=O) groups is 2. The molecule has 2 amide bonds. The highest BCUT2D eigenvalue weighted by molar-refractivity contribution is 6.02. The van der Waals surface area contributed by atoms with Gasteiger partial charge in [0.25, 0.3) is 0 Å². The van der Waals surface area contributed by atoms with Crippen molar-refractivity contribution in [1.29, 1.82) is 0 Å². The van der Waals surface area contributed by atoms with E-state index in [1.807, 2.05) is 24.3 Å². The van der Waals surface area contributed by atoms with E-state index in [2.05, 4.69) is 22.2 Å². The first-order valence-corrected chi connectivity index (χ1v) is 8.62. The van der Waals surface area contributed by atoms with Crippen LogP contribution in [0.3, 0.4) is 0 Å². The van der Waals surface area contributed by atoms with Crippen molar-refractivity contribution < 1.29 is 9.59 Å². The number of rotatable bonds is 4. The van der Waals surface area contributed by atoms with Crippen molar-refractivity contribution >= 4 is 17.5 Å². The fourth-order valence-corrected chi connectivity index (χ4v) is 3.51. The topological polar surface area (TPSA) is 55.9 Å². The lowest BCUT2D eigenvalue weighted by Crippen LogP contribution is -2.50. The van der Waals surface area contributed by atoms with E-state index in [0.29, 0.717) is 13.0 Å². The molecule has 3 rings (SSSR count). The Bertz CT molecular complexity index is 611. The Balaban J connectivity index is 1.54. The summed E-state index contributed by atoms with van der Waals surface area (Å²) in [6.07, 6.45) is 0.593. The standard InChI is InChI=1S/C18H26N4O2/c1-14(23)22-16-6-4-3-5-15(16)13-17(22)18(24)19-7-8-21-11-9-20(2)10-12-21/h3-6,17H,7-13H2,1-2H3,(H,19,24)/t17-/m0/s1. The first-order valence-electron chi connectivity index (χ1n) is 8.62. The van der Waals surface area contributed by atoms with Gasteiger partial charge in [0, 0.05) is 58.3 Å². The summed E-state index contributed by atoms with van der Waals surface area (Å²) in [7, 11) is 2.13. The van der Waals surface area contributed by atoms with Gasteiger partial charge < -0.3 is 10.2 Å². The van der Waals surface area contributed by atoms with Crippen molar-refractivity contribution in [3.8, 4) is 0 Å². The molecule has 0 unspecified atom stereocenters. The van der Waals surface area contributed by atoms with Crippen LogP contribution in [0.5, 0.6) is 0 Å². The van der Waals surface area contributed by atoms with Crippen LogP contribution in [0.4, 0.5) is 5.69 Å². The number of fused-ring (bicyclic) bond motifs is 1. The van der Waals surface area contributed by atoms with E-state index in [9.17, 15) is 9.59 Å². The molecule has 1 aromatic rings. The molecule has 24 heavy (non-hydrogen) atoms. The number of likely N-dealkylation sites (N-methyl/N-ethyl adjacent to an activating group) is 1. The summed E-state index contributed by atoms with van der Waals surface area (Å²) in [4.78, 5) is 30.9. The monoisotopic (exact) mass is 330 g/mol. The van der Waals surface area contributed by atoms with Crippen LogP contribution in [-0.2, 0) is 16.0 Å². The third kappa shape index (κ3) is 3.60. The van der Waals surface area contributed by atoms with Gasteiger partial charge in [0.2, 0.25) is 11.8 Å². The maximum atomic E-state index is 12.6. The number of hydrogen-bond donors (Lipinski definition) is 1. The summed E-state index contributed by atoms with van der Waals surface area (Å²) < 4.78 is 0. The molecule has 2 aliphatic heterocycles. The van der Waals surface area contributed by atoms with Gasteiger partial charge in [-0.25, -0.2) is 0 Å². The number of carbonyl (C=O) groups excluding carboxylic acids is 2. The van der Waals surface area contributed by atoms with E-state index in [-0.39, 0.29) is 11.8 Å². The largest absolute Gasteiger partial charge is 0.353 e. The van der Waals surface area contributed by atoms with Crippen LogP contribution in [0.1, 0.15) is 12.5 Å². The fraction of sp³-hybridized carbons (Fsp3) is 0.556. The number of amides is 2. The molecule has 0 aliphatic carbocycles. The van der Waals surface area contributed by atoms with Gasteiger partial charge in [-0.05, 0) is 18.7 Å². The number of piperazine rings is 1. The van der Waals surface area contributed by atoms with E-state index in [1.54, 1.807) is 4.90 Å². The van der Waals surface area contributed by atoms with Gasteiger partial charge in [-0.2, -0.15) is 0 Å². The highest BCUT2D eigenvalue weighted by Gasteiger charge is 2.36. The maximum Gasteiger partial charge on any atom is 0.243 e. The highest BCUT2D eigenvalue weighted by atomic mass is 16.2. The van der Waals surface area contributed by atoms with Crippen molar-refractivity contribution in [3.05, 3.63) is 29.8 Å². The van der Waals surface area contributed by atoms with Crippen molar-refractivity contribution in [3.63, 3.8) is 0 Å². The molecule has 6 nitrogen and oxygen atoms in total. The van der Waals surface area contributed by atoms with Crippen molar-refractivity contribution in [2.24, 2.45) is 0 Å². The Labute approximate surface area is 143 Å². The Morgan fingerprint density at radius 3 is 2.58 bits per heavy atom. The first-order chi connectivity index (χ1) is 11.6. The molecule has 0 radical (unpaired) electrons. The van der Waals surface area contributed by atoms with Gasteiger partial charge in [-0.3, -0.25) is 19.4 Å². The lowest BCUT2D eigenvalue weighted by atomic mass is 10.1. The molecular formula is C18H26N4O2. The number of nitrogens with zero attached hydrogens (tertiary/aromatic N) is 3. The molecule has 130 valence electrons. The average molecular weight is 330 g/mol. The van der Waals surface area contributed by atoms with Gasteiger partial charge in [0.05, 0.1) is 0 Å². The highest BCUT2D eigenvalue weighted by Crippen LogP contribution is 2.32. The molecule has 6 heteroatoms. The molecule has 0 spiro atoms. The minimum atomic E-state index is -0.424. The number of benzene rings is 1. The molecular weight excluding hydrogens is 304 g/mol. The number of para-hydroxylation sites is 1. The third-order valence-electron chi connectivity index (χ3n) is 4.94. The smallest absolute Gasteiger partial charge is 0.243 e. The molecule has 1 aromatic carbocycles. The maximum absolute atomic E-state index is 12.6. The quantitative estimate of drug-likeness (QED) is 0.864. The zero-order valence-corrected chi connectivity index (χ0v) is 14.5. The Morgan fingerprint density at radius 1 is 1.17 bits per heavy atom. The number of nitrogens with one attached hydrogen (secondary N) is 1. The summed E-state index contributed by atoms with van der Waals surface area (Å²) in [6.45, 7) is 7.24. The van der Waals surface area contributed by atoms with Crippen LogP contribution < -0.4 is 10.2 Å². The predicted octanol–water partition coefficient (Wildman–Crippen LogP) is 0.328. The Kier molecular flexibility index (Phi) is 5.16. The third-order valence-corrected chi connectivity index (χ3v) is 4.94. The summed E-state index contributed by atoms with van der Waals surface area (Å²) >= 11 is 0. The lowest BCUT2D eigenvalue weighted by molar-refractivity contribution is -0.125. The molecule has 0 saturated carbocycles. The second-order valence-electron chi connectivity index (χ2n) is 6.67. The Hall–Kier alpha value is -1.92. The van der Waals surface area contributed by atoms with E-state index >= 15 is 0 Å². The fourth-order valence-electron chi connectivity index (χ4n) is 3.51. The van der Waals surface area contributed by atoms with Crippen LogP contribution in [0.2, 0.25) is 0 Å². The van der Waals surface area contributed by atoms with Crippen LogP contribution in [0.15, 0.2) is 24.3 Å². The summed E-state index contributed by atoms with van der Waals surface area (Å²) in [5.41, 5.74) is 1.93. The van der Waals surface area contributed by atoms with Gasteiger partial charge in [-0.15, -0.1) is 0 Å². The van der Waals surface area contributed by atoms with E-state index in [4.69, 9.17) is 0 Å². The van der Waals surface area contributed by atoms with Crippen LogP contribution in [0, 0.1) is 0 Å². The van der Waals surface area contributed by atoms with Gasteiger partial charge >= 0.3 is 0 Å². The Morgan fingerprint density at radius 2 is 1.88 bits per heavy atom. The van der Waals surface area contributed by atoms with Gasteiger partial charge in [0.1, 0.15) is 6.04 Å². The second-order valence-corrected chi connectivity index (χ2v) is 6.67. The zero-order valence-electron chi connectivity index (χ0n) is 14.5. The lowest BCUT2D eigenvalue weighted by Gasteiger charge is -2.32. The minimum Gasteiger partial charge on any atom is -0.353 e. The number of anilines is 1. The van der Waals surface area contributed by atoms with Gasteiger partial charge in [-0.1, -0.05) is 18.2 Å². The normalized spacial score (nSPS) is 21.6. The molecule has 1 saturated heterocycles. The molecule has 1 atom stereocenters. The van der Waals surface area contributed by atoms with Crippen LogP contribution in [-0.4, -0.2) is 74.0 Å². The SMILES string of the molecule is CC(=O)N1c2ccccc2C[C@H]1C(=O)NCCN1CCN(C)CC1. The predicted molar refractivity (Wildman–Crippen MR) is 94.0 cm³/mol. The zero-order chi connectivity index (χ0) is 17.1. The molecule has 1 N–H and O–H groups in total. The van der Waals surface area contributed by atoms with Crippen molar-refractivity contribution in [1.82, 2.24) is 15.1 Å². The number of hydrogen-bond acceptors (Lipinski definition) is 4. The van der Waals surface area contributed by atoms with E-state index in [0.717, 1.165) is 44.0 Å². The van der Waals surface area contributed by atoms with Crippen molar-refractivity contribution in [2.75, 3.05) is 51.2 Å². The van der Waals surface area contributed by atoms with E-state index in [1.165, 1.54) is 6.92 Å². The summed E-state index contributed by atoms with van der Waals surface area (Å²) in [5, 5.41) is 3.01. The molecule has 2 heterocycles. The van der Waals surface area contributed by atoms with E-state index < -0.39 is 6.04 Å².